The lowest BCUT2D eigenvalue weighted by Crippen LogP contribution is -2.19. The van der Waals surface area contributed by atoms with Crippen molar-refractivity contribution in [2.45, 2.75) is 12.8 Å². The van der Waals surface area contributed by atoms with Crippen LogP contribution in [0.3, 0.4) is 0 Å². The average molecular weight is 286 g/mol. The molecule has 4 nitrogen and oxygen atoms in total. The maximum absolute atomic E-state index is 11.8. The molecule has 0 aliphatic carbocycles. The summed E-state index contributed by atoms with van der Waals surface area (Å²) in [7, 11) is 0. The van der Waals surface area contributed by atoms with Crippen LogP contribution in [-0.2, 0) is 4.79 Å². The summed E-state index contributed by atoms with van der Waals surface area (Å²) in [6, 6.07) is 6.66. The molecule has 0 spiro atoms. The number of amidine groups is 1. The largest absolute Gasteiger partial charge is 0.508 e. The van der Waals surface area contributed by atoms with E-state index in [4.69, 9.17) is 6.42 Å². The zero-order valence-corrected chi connectivity index (χ0v) is 11.6. The predicted molar refractivity (Wildman–Crippen MR) is 82.2 cm³/mol. The van der Waals surface area contributed by atoms with E-state index in [9.17, 15) is 9.90 Å². The quantitative estimate of drug-likeness (QED) is 0.507. The van der Waals surface area contributed by atoms with E-state index in [-0.39, 0.29) is 11.7 Å². The molecule has 0 atom stereocenters. The van der Waals surface area contributed by atoms with Gasteiger partial charge in [-0.15, -0.1) is 12.3 Å². The van der Waals surface area contributed by atoms with Crippen molar-refractivity contribution in [1.82, 2.24) is 5.32 Å². The van der Waals surface area contributed by atoms with Crippen molar-refractivity contribution in [3.63, 3.8) is 0 Å². The third-order valence-corrected chi connectivity index (χ3v) is 3.52. The number of thioether (sulfide) groups is 1. The van der Waals surface area contributed by atoms with Gasteiger partial charge in [-0.2, -0.15) is 0 Å². The van der Waals surface area contributed by atoms with Gasteiger partial charge in [0, 0.05) is 13.0 Å². The first-order valence-corrected chi connectivity index (χ1v) is 6.98. The Bertz CT molecular complexity index is 597. The molecule has 1 saturated heterocycles. The Morgan fingerprint density at radius 3 is 2.85 bits per heavy atom. The SMILES string of the molecule is C#CCCCN=C1NC(=O)/C(=C/c2ccc(O)cc2)S1. The average Bonchev–Trinajstić information content (AvgIpc) is 2.78. The molecule has 1 aliphatic heterocycles. The van der Waals surface area contributed by atoms with Crippen LogP contribution in [0.5, 0.6) is 5.75 Å². The van der Waals surface area contributed by atoms with Gasteiger partial charge in [-0.25, -0.2) is 0 Å². The van der Waals surface area contributed by atoms with Gasteiger partial charge in [-0.1, -0.05) is 12.1 Å². The molecule has 0 radical (unpaired) electrons. The summed E-state index contributed by atoms with van der Waals surface area (Å²) in [6.07, 6.45) is 8.43. The van der Waals surface area contributed by atoms with E-state index >= 15 is 0 Å². The molecular formula is C15H14N2O2S. The lowest BCUT2D eigenvalue weighted by Gasteiger charge is -1.95. The molecule has 1 aromatic carbocycles. The highest BCUT2D eigenvalue weighted by atomic mass is 32.2. The smallest absolute Gasteiger partial charge is 0.264 e. The molecule has 0 bridgehead atoms. The minimum Gasteiger partial charge on any atom is -0.508 e. The molecule has 1 amide bonds. The Kier molecular flexibility index (Phi) is 4.85. The van der Waals surface area contributed by atoms with Crippen LogP contribution in [0.15, 0.2) is 34.2 Å². The Balaban J connectivity index is 2.02. The van der Waals surface area contributed by atoms with Gasteiger partial charge >= 0.3 is 0 Å². The van der Waals surface area contributed by atoms with Crippen molar-refractivity contribution in [1.29, 1.82) is 0 Å². The first-order chi connectivity index (χ1) is 9.69. The fourth-order valence-electron chi connectivity index (χ4n) is 1.59. The molecule has 2 N–H and O–H groups in total. The van der Waals surface area contributed by atoms with Gasteiger partial charge in [0.15, 0.2) is 5.17 Å². The van der Waals surface area contributed by atoms with E-state index < -0.39 is 0 Å². The first kappa shape index (κ1) is 14.2. The fraction of sp³-hybridized carbons (Fsp3) is 0.200. The highest BCUT2D eigenvalue weighted by Gasteiger charge is 2.23. The lowest BCUT2D eigenvalue weighted by molar-refractivity contribution is -0.115. The highest BCUT2D eigenvalue weighted by molar-refractivity contribution is 8.18. The van der Waals surface area contributed by atoms with Gasteiger partial charge in [0.25, 0.3) is 5.91 Å². The zero-order valence-electron chi connectivity index (χ0n) is 10.8. The molecule has 5 heteroatoms. The molecule has 0 unspecified atom stereocenters. The molecule has 1 aliphatic rings. The minimum atomic E-state index is -0.154. The summed E-state index contributed by atoms with van der Waals surface area (Å²) in [5, 5.41) is 12.5. The number of aromatic hydroxyl groups is 1. The van der Waals surface area contributed by atoms with Crippen molar-refractivity contribution >= 4 is 28.9 Å². The summed E-state index contributed by atoms with van der Waals surface area (Å²) in [5.41, 5.74) is 0.856. The van der Waals surface area contributed by atoms with E-state index in [0.29, 0.717) is 23.0 Å². The lowest BCUT2D eigenvalue weighted by atomic mass is 10.2. The first-order valence-electron chi connectivity index (χ1n) is 6.17. The number of aliphatic imine (C=N–C) groups is 1. The number of phenols is 1. The van der Waals surface area contributed by atoms with Gasteiger partial charge in [-0.3, -0.25) is 9.79 Å². The fourth-order valence-corrected chi connectivity index (χ4v) is 2.43. The summed E-state index contributed by atoms with van der Waals surface area (Å²) in [4.78, 5) is 16.7. The normalized spacial score (nSPS) is 18.2. The maximum Gasteiger partial charge on any atom is 0.264 e. The number of unbranched alkanes of at least 4 members (excludes halogenated alkanes) is 1. The molecule has 1 heterocycles. The Morgan fingerprint density at radius 1 is 1.40 bits per heavy atom. The second-order valence-corrected chi connectivity index (χ2v) is 5.18. The highest BCUT2D eigenvalue weighted by Crippen LogP contribution is 2.26. The summed E-state index contributed by atoms with van der Waals surface area (Å²) < 4.78 is 0. The number of amides is 1. The molecule has 1 fully saturated rings. The van der Waals surface area contributed by atoms with Crippen LogP contribution in [0.2, 0.25) is 0 Å². The number of nitrogens with zero attached hydrogens (tertiary/aromatic N) is 1. The van der Waals surface area contributed by atoms with Crippen molar-refractivity contribution in [2.24, 2.45) is 4.99 Å². The standard InChI is InChI=1S/C15H14N2O2S/c1-2-3-4-9-16-15-17-14(19)13(20-15)10-11-5-7-12(18)8-6-11/h1,5-8,10,18H,3-4,9H2,(H,16,17,19)/b13-10-. The number of carbonyl (C=O) groups is 1. The number of nitrogens with one attached hydrogen (secondary N) is 1. The number of carbonyl (C=O) groups excluding carboxylic acids is 1. The molecule has 0 aromatic heterocycles. The van der Waals surface area contributed by atoms with Crippen LogP contribution in [0.1, 0.15) is 18.4 Å². The van der Waals surface area contributed by atoms with E-state index in [1.165, 1.54) is 11.8 Å². The third-order valence-electron chi connectivity index (χ3n) is 2.58. The van der Waals surface area contributed by atoms with Gasteiger partial charge in [0.05, 0.1) is 4.91 Å². The van der Waals surface area contributed by atoms with Crippen molar-refractivity contribution in [2.75, 3.05) is 6.54 Å². The van der Waals surface area contributed by atoms with Gasteiger partial charge in [0.2, 0.25) is 0 Å². The van der Waals surface area contributed by atoms with Crippen molar-refractivity contribution < 1.29 is 9.90 Å². The van der Waals surface area contributed by atoms with Crippen LogP contribution < -0.4 is 5.32 Å². The number of phenolic OH excluding ortho intramolecular Hbond substituents is 1. The molecule has 0 saturated carbocycles. The second kappa shape index (κ2) is 6.83. The van der Waals surface area contributed by atoms with Crippen LogP contribution in [0, 0.1) is 12.3 Å². The van der Waals surface area contributed by atoms with Gasteiger partial charge in [0.1, 0.15) is 5.75 Å². The molecular weight excluding hydrogens is 272 g/mol. The Morgan fingerprint density at radius 2 is 2.15 bits per heavy atom. The zero-order chi connectivity index (χ0) is 14.4. The van der Waals surface area contributed by atoms with Gasteiger partial charge < -0.3 is 10.4 Å². The third kappa shape index (κ3) is 3.90. The number of terminal acetylenes is 1. The molecule has 2 rings (SSSR count). The predicted octanol–water partition coefficient (Wildman–Crippen LogP) is 2.37. The number of rotatable bonds is 4. The molecule has 20 heavy (non-hydrogen) atoms. The number of hydrogen-bond acceptors (Lipinski definition) is 4. The summed E-state index contributed by atoms with van der Waals surface area (Å²) >= 11 is 1.31. The number of benzene rings is 1. The van der Waals surface area contributed by atoms with Crippen LogP contribution >= 0.6 is 11.8 Å². The van der Waals surface area contributed by atoms with E-state index in [1.807, 2.05) is 0 Å². The number of hydrogen-bond donors (Lipinski definition) is 2. The topological polar surface area (TPSA) is 61.7 Å². The van der Waals surface area contributed by atoms with Crippen molar-refractivity contribution in [3.05, 3.63) is 34.7 Å². The summed E-state index contributed by atoms with van der Waals surface area (Å²) in [5.74, 6) is 2.60. The monoisotopic (exact) mass is 286 g/mol. The molecule has 1 aromatic rings. The summed E-state index contributed by atoms with van der Waals surface area (Å²) in [6.45, 7) is 0.610. The minimum absolute atomic E-state index is 0.154. The van der Waals surface area contributed by atoms with Crippen LogP contribution in [0.4, 0.5) is 0 Å². The van der Waals surface area contributed by atoms with E-state index in [1.54, 1.807) is 30.3 Å². The molecule has 102 valence electrons. The van der Waals surface area contributed by atoms with Gasteiger partial charge in [-0.05, 0) is 42.0 Å². The Labute approximate surface area is 122 Å². The van der Waals surface area contributed by atoms with E-state index in [0.717, 1.165) is 12.0 Å². The maximum atomic E-state index is 11.8. The second-order valence-electron chi connectivity index (χ2n) is 4.15. The van der Waals surface area contributed by atoms with Crippen molar-refractivity contribution in [3.8, 4) is 18.1 Å². The van der Waals surface area contributed by atoms with Crippen LogP contribution in [-0.4, -0.2) is 22.7 Å². The van der Waals surface area contributed by atoms with Crippen LogP contribution in [0.25, 0.3) is 6.08 Å². The van der Waals surface area contributed by atoms with E-state index in [2.05, 4.69) is 16.2 Å². The Hall–Kier alpha value is -2.19.